The second-order valence-electron chi connectivity index (χ2n) is 2.65. The minimum absolute atomic E-state index is 0.0773. The van der Waals surface area contributed by atoms with Crippen LogP contribution in [-0.2, 0) is 4.79 Å². The van der Waals surface area contributed by atoms with Gasteiger partial charge in [0.15, 0.2) is 5.78 Å². The second kappa shape index (κ2) is 5.42. The highest BCUT2D eigenvalue weighted by Crippen LogP contribution is 2.01. The lowest BCUT2D eigenvalue weighted by atomic mass is 10.1. The number of Topliss-reactive ketones (excluding diaryl/α,β-unsaturated/α-hetero) is 1. The summed E-state index contributed by atoms with van der Waals surface area (Å²) in [5.41, 5.74) is 7.07. The van der Waals surface area contributed by atoms with Crippen molar-refractivity contribution < 1.29 is 4.79 Å². The molecule has 59 valence electrons. The fraction of sp³-hybridized carbons (Fsp3) is 0.875. The van der Waals surface area contributed by atoms with Gasteiger partial charge in [-0.3, -0.25) is 4.79 Å². The van der Waals surface area contributed by atoms with Crippen LogP contribution in [0.3, 0.4) is 0 Å². The summed E-state index contributed by atoms with van der Waals surface area (Å²) in [5, 5.41) is 0. The van der Waals surface area contributed by atoms with E-state index >= 15 is 0 Å². The Balaban J connectivity index is 3.22. The number of carbonyl (C=O) groups is 1. The molecule has 0 aromatic carbocycles. The Morgan fingerprint density at radius 3 is 2.50 bits per heavy atom. The molecule has 0 saturated heterocycles. The fourth-order valence-electron chi connectivity index (χ4n) is 0.766. The molecule has 0 heterocycles. The molecule has 0 fully saturated rings. The smallest absolute Gasteiger partial charge is 0.150 e. The minimum atomic E-state index is -0.517. The van der Waals surface area contributed by atoms with Crippen molar-refractivity contribution in [1.82, 2.24) is 5.73 Å². The molecule has 2 nitrogen and oxygen atoms in total. The average molecular weight is 142 g/mol. The van der Waals surface area contributed by atoms with Crippen molar-refractivity contribution in [2.75, 3.05) is 0 Å². The summed E-state index contributed by atoms with van der Waals surface area (Å²) >= 11 is 0. The molecular formula is C8H16NO. The molecule has 1 radical (unpaired) electrons. The van der Waals surface area contributed by atoms with Crippen LogP contribution in [0.2, 0.25) is 0 Å². The van der Waals surface area contributed by atoms with Crippen LogP contribution in [-0.4, -0.2) is 11.8 Å². The first kappa shape index (κ1) is 9.63. The van der Waals surface area contributed by atoms with E-state index in [1.54, 1.807) is 6.92 Å². The number of carbonyl (C=O) groups excluding carboxylic acids is 1. The van der Waals surface area contributed by atoms with Gasteiger partial charge in [0.1, 0.15) is 0 Å². The van der Waals surface area contributed by atoms with Crippen LogP contribution < -0.4 is 5.73 Å². The molecule has 1 unspecified atom stereocenters. The number of unbranched alkanes of at least 4 members (excludes halogenated alkanes) is 2. The largest absolute Gasteiger partial charge is 0.298 e. The predicted octanol–water partition coefficient (Wildman–Crippen LogP) is 1.81. The van der Waals surface area contributed by atoms with Crippen molar-refractivity contribution in [3.63, 3.8) is 0 Å². The summed E-state index contributed by atoms with van der Waals surface area (Å²) in [6.07, 6.45) is 3.80. The maximum atomic E-state index is 10.8. The maximum Gasteiger partial charge on any atom is 0.150 e. The number of nitrogens with one attached hydrogen (secondary N) is 1. The molecule has 0 amide bonds. The monoisotopic (exact) mass is 142 g/mol. The van der Waals surface area contributed by atoms with E-state index in [9.17, 15) is 4.79 Å². The number of hydrogen-bond acceptors (Lipinski definition) is 1. The third-order valence-electron chi connectivity index (χ3n) is 1.51. The highest BCUT2D eigenvalue weighted by atomic mass is 16.1. The van der Waals surface area contributed by atoms with E-state index in [0.29, 0.717) is 6.42 Å². The van der Waals surface area contributed by atoms with Gasteiger partial charge < -0.3 is 0 Å². The van der Waals surface area contributed by atoms with Crippen LogP contribution in [0.15, 0.2) is 0 Å². The van der Waals surface area contributed by atoms with Crippen molar-refractivity contribution >= 4 is 5.78 Å². The van der Waals surface area contributed by atoms with Crippen molar-refractivity contribution in [1.29, 1.82) is 0 Å². The summed E-state index contributed by atoms with van der Waals surface area (Å²) < 4.78 is 0. The average Bonchev–Trinajstić information content (AvgIpc) is 1.88. The Hall–Kier alpha value is -0.370. The van der Waals surface area contributed by atoms with Crippen LogP contribution in [0.1, 0.15) is 39.5 Å². The first-order chi connectivity index (χ1) is 4.68. The highest BCUT2D eigenvalue weighted by Gasteiger charge is 2.06. The summed E-state index contributed by atoms with van der Waals surface area (Å²) in [5.74, 6) is 0.0773. The van der Waals surface area contributed by atoms with E-state index in [1.165, 1.54) is 0 Å². The molecule has 0 aliphatic rings. The van der Waals surface area contributed by atoms with Crippen LogP contribution in [0.5, 0.6) is 0 Å². The number of hydrogen-bond donors (Lipinski definition) is 0. The molecule has 0 aliphatic carbocycles. The molecule has 1 atom stereocenters. The van der Waals surface area contributed by atoms with Crippen molar-refractivity contribution in [2.45, 2.75) is 45.6 Å². The quantitative estimate of drug-likeness (QED) is 0.540. The SMILES string of the molecule is CCCCCC(=O)C(C)[NH]. The van der Waals surface area contributed by atoms with Gasteiger partial charge in [-0.2, -0.15) is 0 Å². The van der Waals surface area contributed by atoms with Gasteiger partial charge in [0.2, 0.25) is 0 Å². The molecule has 0 saturated carbocycles. The lowest BCUT2D eigenvalue weighted by Gasteiger charge is -2.00. The summed E-state index contributed by atoms with van der Waals surface area (Å²) in [4.78, 5) is 10.8. The third-order valence-corrected chi connectivity index (χ3v) is 1.51. The Morgan fingerprint density at radius 2 is 2.10 bits per heavy atom. The first-order valence-corrected chi connectivity index (χ1v) is 3.92. The van der Waals surface area contributed by atoms with Crippen LogP contribution >= 0.6 is 0 Å². The zero-order valence-electron chi connectivity index (χ0n) is 6.81. The number of ketones is 1. The lowest BCUT2D eigenvalue weighted by molar-refractivity contribution is -0.120. The van der Waals surface area contributed by atoms with E-state index in [0.717, 1.165) is 19.3 Å². The van der Waals surface area contributed by atoms with E-state index < -0.39 is 6.04 Å². The topological polar surface area (TPSA) is 40.9 Å². The first-order valence-electron chi connectivity index (χ1n) is 3.92. The van der Waals surface area contributed by atoms with Crippen LogP contribution in [0, 0.1) is 0 Å². The molecular weight excluding hydrogens is 126 g/mol. The molecule has 1 N–H and O–H groups in total. The Morgan fingerprint density at radius 1 is 1.50 bits per heavy atom. The van der Waals surface area contributed by atoms with Gasteiger partial charge in [-0.1, -0.05) is 19.8 Å². The Labute approximate surface area is 62.8 Å². The van der Waals surface area contributed by atoms with Gasteiger partial charge in [-0.15, -0.1) is 0 Å². The lowest BCUT2D eigenvalue weighted by Crippen LogP contribution is -2.17. The molecule has 0 aromatic rings. The van der Waals surface area contributed by atoms with E-state index in [1.807, 2.05) is 0 Å². The Kier molecular flexibility index (Phi) is 5.22. The van der Waals surface area contributed by atoms with Gasteiger partial charge in [0.05, 0.1) is 6.04 Å². The number of rotatable bonds is 5. The van der Waals surface area contributed by atoms with Gasteiger partial charge in [-0.05, 0) is 13.3 Å². The zero-order valence-corrected chi connectivity index (χ0v) is 6.81. The van der Waals surface area contributed by atoms with Crippen LogP contribution in [0.25, 0.3) is 0 Å². The predicted molar refractivity (Wildman–Crippen MR) is 41.7 cm³/mol. The fourth-order valence-corrected chi connectivity index (χ4v) is 0.766. The van der Waals surface area contributed by atoms with Gasteiger partial charge in [0, 0.05) is 6.42 Å². The molecule has 0 spiro atoms. The van der Waals surface area contributed by atoms with Crippen molar-refractivity contribution in [3.8, 4) is 0 Å². The van der Waals surface area contributed by atoms with E-state index in [2.05, 4.69) is 6.92 Å². The zero-order chi connectivity index (χ0) is 7.98. The summed E-state index contributed by atoms with van der Waals surface area (Å²) in [6.45, 7) is 3.74. The van der Waals surface area contributed by atoms with Crippen molar-refractivity contribution in [2.24, 2.45) is 0 Å². The van der Waals surface area contributed by atoms with E-state index in [-0.39, 0.29) is 5.78 Å². The van der Waals surface area contributed by atoms with Crippen molar-refractivity contribution in [3.05, 3.63) is 0 Å². The summed E-state index contributed by atoms with van der Waals surface area (Å²) in [7, 11) is 0. The van der Waals surface area contributed by atoms with Gasteiger partial charge in [0.25, 0.3) is 0 Å². The standard InChI is InChI=1S/C8H16NO/c1-3-4-5-6-8(10)7(2)9/h7,9H,3-6H2,1-2H3. The molecule has 0 aliphatic heterocycles. The Bertz CT molecular complexity index is 99.4. The summed E-state index contributed by atoms with van der Waals surface area (Å²) in [6, 6.07) is -0.517. The molecule has 0 bridgehead atoms. The normalized spacial score (nSPS) is 13.1. The molecule has 2 heteroatoms. The maximum absolute atomic E-state index is 10.8. The molecule has 0 rings (SSSR count). The van der Waals surface area contributed by atoms with Crippen LogP contribution in [0.4, 0.5) is 0 Å². The van der Waals surface area contributed by atoms with E-state index in [4.69, 9.17) is 5.73 Å². The van der Waals surface area contributed by atoms with Gasteiger partial charge in [-0.25, -0.2) is 5.73 Å². The van der Waals surface area contributed by atoms with Gasteiger partial charge >= 0.3 is 0 Å². The second-order valence-corrected chi connectivity index (χ2v) is 2.65. The third kappa shape index (κ3) is 4.50. The molecule has 0 aromatic heterocycles. The molecule has 10 heavy (non-hydrogen) atoms. The minimum Gasteiger partial charge on any atom is -0.298 e. The highest BCUT2D eigenvalue weighted by molar-refractivity contribution is 5.83.